The van der Waals surface area contributed by atoms with Gasteiger partial charge in [-0.3, -0.25) is 4.79 Å². The quantitative estimate of drug-likeness (QED) is 0.575. The van der Waals surface area contributed by atoms with Crippen molar-refractivity contribution in [2.24, 2.45) is 0 Å². The number of fused-ring (bicyclic) bond motifs is 1. The SMILES string of the molecule is CC(C)(C)OC(=O)N1CCc2c(sc(N)c2C(=O)c2cnn(-c3ccc(Cl)cc3)c2)C1. The smallest absolute Gasteiger partial charge is 0.410 e. The van der Waals surface area contributed by atoms with Crippen LogP contribution in [-0.4, -0.2) is 38.7 Å². The van der Waals surface area contributed by atoms with Crippen LogP contribution < -0.4 is 5.73 Å². The van der Waals surface area contributed by atoms with Gasteiger partial charge in [0.15, 0.2) is 5.78 Å². The third-order valence-corrected chi connectivity index (χ3v) is 6.20. The van der Waals surface area contributed by atoms with Gasteiger partial charge < -0.3 is 15.4 Å². The number of nitrogen functional groups attached to an aromatic ring is 1. The molecule has 2 aromatic heterocycles. The number of rotatable bonds is 3. The maximum atomic E-state index is 13.2. The first-order chi connectivity index (χ1) is 14.6. The number of carbonyl (C=O) groups is 2. The number of hydrogen-bond acceptors (Lipinski definition) is 6. The van der Waals surface area contributed by atoms with E-state index >= 15 is 0 Å². The largest absolute Gasteiger partial charge is 0.444 e. The van der Waals surface area contributed by atoms with E-state index in [9.17, 15) is 9.59 Å². The minimum Gasteiger partial charge on any atom is -0.444 e. The average molecular weight is 459 g/mol. The number of benzene rings is 1. The van der Waals surface area contributed by atoms with Crippen LogP contribution in [0.2, 0.25) is 5.02 Å². The van der Waals surface area contributed by atoms with E-state index in [-0.39, 0.29) is 11.9 Å². The van der Waals surface area contributed by atoms with Gasteiger partial charge >= 0.3 is 6.09 Å². The van der Waals surface area contributed by atoms with Crippen molar-refractivity contribution in [3.63, 3.8) is 0 Å². The predicted molar refractivity (Wildman–Crippen MR) is 121 cm³/mol. The molecule has 7 nitrogen and oxygen atoms in total. The number of carbonyl (C=O) groups excluding carboxylic acids is 2. The van der Waals surface area contributed by atoms with Crippen molar-refractivity contribution in [3.8, 4) is 5.69 Å². The zero-order chi connectivity index (χ0) is 22.3. The van der Waals surface area contributed by atoms with Crippen LogP contribution in [0.25, 0.3) is 5.69 Å². The minimum absolute atomic E-state index is 0.166. The second kappa shape index (κ2) is 8.01. The summed E-state index contributed by atoms with van der Waals surface area (Å²) in [7, 11) is 0. The molecule has 3 heterocycles. The molecule has 0 atom stereocenters. The molecular formula is C22H23ClN4O3S. The highest BCUT2D eigenvalue weighted by Gasteiger charge is 2.31. The maximum Gasteiger partial charge on any atom is 0.410 e. The summed E-state index contributed by atoms with van der Waals surface area (Å²) in [6.45, 7) is 6.37. The van der Waals surface area contributed by atoms with Crippen LogP contribution in [0.4, 0.5) is 9.80 Å². The normalized spacial score (nSPS) is 13.7. The lowest BCUT2D eigenvalue weighted by molar-refractivity contribution is 0.0226. The molecule has 1 amide bonds. The summed E-state index contributed by atoms with van der Waals surface area (Å²) < 4.78 is 7.10. The first-order valence-corrected chi connectivity index (χ1v) is 11.0. The van der Waals surface area contributed by atoms with E-state index in [1.807, 2.05) is 32.9 Å². The van der Waals surface area contributed by atoms with E-state index in [0.29, 0.717) is 40.7 Å². The van der Waals surface area contributed by atoms with Crippen LogP contribution in [0, 0.1) is 0 Å². The first-order valence-electron chi connectivity index (χ1n) is 9.85. The second-order valence-corrected chi connectivity index (χ2v) is 9.95. The number of hydrogen-bond donors (Lipinski definition) is 1. The fraction of sp³-hybridized carbons (Fsp3) is 0.318. The van der Waals surface area contributed by atoms with Crippen LogP contribution in [-0.2, 0) is 17.7 Å². The molecule has 4 rings (SSSR count). The zero-order valence-corrected chi connectivity index (χ0v) is 19.1. The molecule has 1 aromatic carbocycles. The van der Waals surface area contributed by atoms with Crippen molar-refractivity contribution >= 4 is 39.8 Å². The summed E-state index contributed by atoms with van der Waals surface area (Å²) >= 11 is 7.29. The number of ketones is 1. The third kappa shape index (κ3) is 4.45. The maximum absolute atomic E-state index is 13.2. The van der Waals surface area contributed by atoms with E-state index in [4.69, 9.17) is 22.1 Å². The summed E-state index contributed by atoms with van der Waals surface area (Å²) in [6.07, 6.45) is 3.41. The molecule has 0 unspecified atom stereocenters. The van der Waals surface area contributed by atoms with Crippen LogP contribution in [0.15, 0.2) is 36.7 Å². The summed E-state index contributed by atoms with van der Waals surface area (Å²) in [5.41, 5.74) is 8.36. The Morgan fingerprint density at radius 3 is 2.61 bits per heavy atom. The van der Waals surface area contributed by atoms with Gasteiger partial charge in [0, 0.05) is 22.6 Å². The number of nitrogens with zero attached hydrogens (tertiary/aromatic N) is 3. The molecule has 9 heteroatoms. The van der Waals surface area contributed by atoms with Gasteiger partial charge in [-0.05, 0) is 57.0 Å². The molecule has 0 saturated heterocycles. The molecule has 1 aliphatic heterocycles. The highest BCUT2D eigenvalue weighted by molar-refractivity contribution is 7.16. The van der Waals surface area contributed by atoms with Crippen LogP contribution in [0.3, 0.4) is 0 Å². The molecule has 162 valence electrons. The number of halogens is 1. The third-order valence-electron chi connectivity index (χ3n) is 4.90. The topological polar surface area (TPSA) is 90.4 Å². The molecule has 1 aliphatic rings. The number of anilines is 1. The fourth-order valence-corrected chi connectivity index (χ4v) is 4.73. The number of amides is 1. The summed E-state index contributed by atoms with van der Waals surface area (Å²) in [4.78, 5) is 28.2. The summed E-state index contributed by atoms with van der Waals surface area (Å²) in [5, 5.41) is 5.39. The van der Waals surface area contributed by atoms with Crippen molar-refractivity contribution in [1.29, 1.82) is 0 Å². The molecule has 3 aromatic rings. The molecule has 0 radical (unpaired) electrons. The van der Waals surface area contributed by atoms with Crippen LogP contribution in [0.5, 0.6) is 0 Å². The van der Waals surface area contributed by atoms with Crippen molar-refractivity contribution in [3.05, 3.63) is 63.2 Å². The van der Waals surface area contributed by atoms with Crippen LogP contribution >= 0.6 is 22.9 Å². The molecule has 2 N–H and O–H groups in total. The Morgan fingerprint density at radius 2 is 1.94 bits per heavy atom. The molecule has 0 fully saturated rings. The Balaban J connectivity index is 1.56. The van der Waals surface area contributed by atoms with Gasteiger partial charge in [-0.2, -0.15) is 5.10 Å². The lowest BCUT2D eigenvalue weighted by atomic mass is 9.98. The standard InChI is InChI=1S/C22H23ClN4O3S/c1-22(2,3)30-21(29)26-9-8-16-17(12-26)31-20(24)18(16)19(28)13-10-25-27(11-13)15-6-4-14(23)5-7-15/h4-7,10-11H,8-9,12,24H2,1-3H3. The van der Waals surface area contributed by atoms with E-state index < -0.39 is 5.60 Å². The van der Waals surface area contributed by atoms with Gasteiger partial charge in [0.2, 0.25) is 0 Å². The van der Waals surface area contributed by atoms with Gasteiger partial charge in [0.05, 0.1) is 34.6 Å². The van der Waals surface area contributed by atoms with Crippen LogP contribution in [0.1, 0.15) is 47.1 Å². The second-order valence-electron chi connectivity index (χ2n) is 8.37. The Hall–Kier alpha value is -2.84. The number of aromatic nitrogens is 2. The fourth-order valence-electron chi connectivity index (χ4n) is 3.48. The molecule has 0 bridgehead atoms. The van der Waals surface area contributed by atoms with E-state index in [1.54, 1.807) is 27.9 Å². The summed E-state index contributed by atoms with van der Waals surface area (Å²) in [5.74, 6) is -0.166. The lowest BCUT2D eigenvalue weighted by Gasteiger charge is -2.30. The monoisotopic (exact) mass is 458 g/mol. The van der Waals surface area contributed by atoms with E-state index in [0.717, 1.165) is 16.1 Å². The van der Waals surface area contributed by atoms with Gasteiger partial charge in [-0.25, -0.2) is 9.48 Å². The number of ether oxygens (including phenoxy) is 1. The van der Waals surface area contributed by atoms with Crippen molar-refractivity contribution in [2.75, 3.05) is 12.3 Å². The van der Waals surface area contributed by atoms with Gasteiger partial charge in [0.1, 0.15) is 5.60 Å². The highest BCUT2D eigenvalue weighted by Crippen LogP contribution is 2.37. The van der Waals surface area contributed by atoms with Gasteiger partial charge in [-0.1, -0.05) is 11.6 Å². The van der Waals surface area contributed by atoms with Crippen molar-refractivity contribution in [1.82, 2.24) is 14.7 Å². The number of thiophene rings is 1. The summed E-state index contributed by atoms with van der Waals surface area (Å²) in [6, 6.07) is 7.19. The zero-order valence-electron chi connectivity index (χ0n) is 17.5. The number of nitrogens with two attached hydrogens (primary N) is 1. The van der Waals surface area contributed by atoms with Crippen molar-refractivity contribution in [2.45, 2.75) is 39.3 Å². The molecule has 0 aliphatic carbocycles. The van der Waals surface area contributed by atoms with Gasteiger partial charge in [0.25, 0.3) is 0 Å². The average Bonchev–Trinajstić information content (AvgIpc) is 3.30. The molecule has 0 spiro atoms. The van der Waals surface area contributed by atoms with Crippen molar-refractivity contribution < 1.29 is 14.3 Å². The lowest BCUT2D eigenvalue weighted by Crippen LogP contribution is -2.39. The highest BCUT2D eigenvalue weighted by atomic mass is 35.5. The molecule has 0 saturated carbocycles. The minimum atomic E-state index is -0.558. The first kappa shape index (κ1) is 21.4. The molecular weight excluding hydrogens is 436 g/mol. The Bertz CT molecular complexity index is 1140. The predicted octanol–water partition coefficient (Wildman–Crippen LogP) is 4.69. The Labute approximate surface area is 189 Å². The van der Waals surface area contributed by atoms with Gasteiger partial charge in [-0.15, -0.1) is 11.3 Å². The Morgan fingerprint density at radius 1 is 1.23 bits per heavy atom. The Kier molecular flexibility index (Phi) is 5.53. The van der Waals surface area contributed by atoms with E-state index in [1.165, 1.54) is 17.5 Å². The van der Waals surface area contributed by atoms with E-state index in [2.05, 4.69) is 5.10 Å². The molecule has 31 heavy (non-hydrogen) atoms.